The number of nitrogens with one attached hydrogen (secondary N) is 1. The van der Waals surface area contributed by atoms with Crippen LogP contribution in [0.1, 0.15) is 24.4 Å². The molecule has 0 spiro atoms. The lowest BCUT2D eigenvalue weighted by molar-refractivity contribution is -0.140. The quantitative estimate of drug-likeness (QED) is 0.931. The zero-order valence-corrected chi connectivity index (χ0v) is 14.4. The fourth-order valence-corrected chi connectivity index (χ4v) is 3.33. The van der Waals surface area contributed by atoms with E-state index < -0.39 is 0 Å². The molecule has 0 radical (unpaired) electrons. The smallest absolute Gasteiger partial charge is 0.229 e. The number of methoxy groups -OCH3 is 1. The molecule has 2 aromatic carbocycles. The van der Waals surface area contributed by atoms with Crippen molar-refractivity contribution in [3.05, 3.63) is 60.2 Å². The molecule has 2 atom stereocenters. The van der Waals surface area contributed by atoms with Crippen LogP contribution in [0.25, 0.3) is 0 Å². The average Bonchev–Trinajstić information content (AvgIpc) is 2.65. The molecule has 0 unspecified atom stereocenters. The van der Waals surface area contributed by atoms with Crippen molar-refractivity contribution in [2.24, 2.45) is 5.92 Å². The molecule has 1 aliphatic rings. The Morgan fingerprint density at radius 1 is 1.12 bits per heavy atom. The number of carbonyl (C=O) groups excluding carboxylic acids is 2. The largest absolute Gasteiger partial charge is 0.497 e. The van der Waals surface area contributed by atoms with Crippen LogP contribution in [-0.2, 0) is 9.59 Å². The van der Waals surface area contributed by atoms with Crippen LogP contribution in [0.3, 0.4) is 0 Å². The number of anilines is 1. The van der Waals surface area contributed by atoms with E-state index in [1.807, 2.05) is 42.5 Å². The van der Waals surface area contributed by atoms with E-state index in [1.54, 1.807) is 31.2 Å². The first-order valence-corrected chi connectivity index (χ1v) is 8.35. The van der Waals surface area contributed by atoms with Crippen LogP contribution in [0.15, 0.2) is 54.6 Å². The van der Waals surface area contributed by atoms with Crippen molar-refractivity contribution < 1.29 is 14.3 Å². The second-order valence-corrected chi connectivity index (χ2v) is 6.22. The number of hydrogen-bond acceptors (Lipinski definition) is 3. The highest BCUT2D eigenvalue weighted by molar-refractivity contribution is 5.94. The Bertz CT molecular complexity index is 743. The lowest BCUT2D eigenvalue weighted by atomic mass is 9.84. The first kappa shape index (κ1) is 17.0. The molecule has 0 bridgehead atoms. The molecule has 5 heteroatoms. The maximum atomic E-state index is 12.9. The normalized spacial score (nSPS) is 20.2. The Kier molecular flexibility index (Phi) is 5.03. The van der Waals surface area contributed by atoms with Gasteiger partial charge < -0.3 is 15.0 Å². The van der Waals surface area contributed by atoms with Crippen LogP contribution in [0, 0.1) is 5.92 Å². The highest BCUT2D eigenvalue weighted by Crippen LogP contribution is 2.36. The third kappa shape index (κ3) is 3.65. The first-order chi connectivity index (χ1) is 12.1. The number of carbonyl (C=O) groups is 2. The Hall–Kier alpha value is -2.82. The Morgan fingerprint density at radius 2 is 1.80 bits per heavy atom. The molecule has 1 heterocycles. The molecule has 2 amide bonds. The van der Waals surface area contributed by atoms with Gasteiger partial charge in [-0.05, 0) is 36.2 Å². The molecule has 25 heavy (non-hydrogen) atoms. The molecular formula is C20H22N2O3. The number of amides is 2. The van der Waals surface area contributed by atoms with Crippen molar-refractivity contribution in [2.45, 2.75) is 18.9 Å². The predicted octanol–water partition coefficient (Wildman–Crippen LogP) is 3.24. The summed E-state index contributed by atoms with van der Waals surface area (Å²) < 4.78 is 5.13. The van der Waals surface area contributed by atoms with Crippen LogP contribution >= 0.6 is 0 Å². The maximum Gasteiger partial charge on any atom is 0.229 e. The highest BCUT2D eigenvalue weighted by atomic mass is 16.5. The van der Waals surface area contributed by atoms with Crippen molar-refractivity contribution >= 4 is 17.5 Å². The maximum absolute atomic E-state index is 12.9. The summed E-state index contributed by atoms with van der Waals surface area (Å²) >= 11 is 0. The van der Waals surface area contributed by atoms with Crippen LogP contribution in [-0.4, -0.2) is 30.9 Å². The fraction of sp³-hybridized carbons (Fsp3) is 0.300. The molecule has 0 aromatic heterocycles. The molecule has 1 aliphatic heterocycles. The van der Waals surface area contributed by atoms with Gasteiger partial charge in [0.15, 0.2) is 0 Å². The zero-order valence-electron chi connectivity index (χ0n) is 14.4. The Balaban J connectivity index is 1.82. The summed E-state index contributed by atoms with van der Waals surface area (Å²) in [7, 11) is 3.37. The lowest BCUT2D eigenvalue weighted by Crippen LogP contribution is -2.44. The van der Waals surface area contributed by atoms with Gasteiger partial charge in [-0.25, -0.2) is 0 Å². The molecule has 5 nitrogen and oxygen atoms in total. The predicted molar refractivity (Wildman–Crippen MR) is 96.3 cm³/mol. The van der Waals surface area contributed by atoms with E-state index in [9.17, 15) is 9.59 Å². The summed E-state index contributed by atoms with van der Waals surface area (Å²) in [4.78, 5) is 26.7. The zero-order chi connectivity index (χ0) is 17.8. The van der Waals surface area contributed by atoms with Crippen molar-refractivity contribution in [3.8, 4) is 5.75 Å². The minimum Gasteiger partial charge on any atom is -0.497 e. The monoisotopic (exact) mass is 338 g/mol. The Morgan fingerprint density at radius 3 is 2.44 bits per heavy atom. The highest BCUT2D eigenvalue weighted by Gasteiger charge is 2.38. The number of likely N-dealkylation sites (tertiary alicyclic amines) is 1. The minimum absolute atomic E-state index is 0.0710. The second kappa shape index (κ2) is 7.38. The number of ether oxygens (including phenoxy) is 1. The number of benzene rings is 2. The van der Waals surface area contributed by atoms with E-state index in [1.165, 1.54) is 0 Å². The van der Waals surface area contributed by atoms with Gasteiger partial charge in [-0.2, -0.15) is 0 Å². The van der Waals surface area contributed by atoms with E-state index in [2.05, 4.69) is 5.32 Å². The molecule has 1 fully saturated rings. The Labute approximate surface area is 147 Å². The van der Waals surface area contributed by atoms with Gasteiger partial charge in [-0.3, -0.25) is 9.59 Å². The van der Waals surface area contributed by atoms with Gasteiger partial charge in [0.1, 0.15) is 5.75 Å². The van der Waals surface area contributed by atoms with Crippen LogP contribution in [0.2, 0.25) is 0 Å². The molecule has 2 aromatic rings. The van der Waals surface area contributed by atoms with Gasteiger partial charge in [0.25, 0.3) is 0 Å². The lowest BCUT2D eigenvalue weighted by Gasteiger charge is -2.38. The molecular weight excluding hydrogens is 316 g/mol. The van der Waals surface area contributed by atoms with Gasteiger partial charge in [0.2, 0.25) is 11.8 Å². The van der Waals surface area contributed by atoms with Crippen LogP contribution in [0.4, 0.5) is 5.69 Å². The van der Waals surface area contributed by atoms with Crippen molar-refractivity contribution in [1.82, 2.24) is 4.90 Å². The first-order valence-electron chi connectivity index (χ1n) is 8.35. The van der Waals surface area contributed by atoms with Gasteiger partial charge in [0, 0.05) is 19.2 Å². The van der Waals surface area contributed by atoms with Crippen molar-refractivity contribution in [2.75, 3.05) is 19.5 Å². The van der Waals surface area contributed by atoms with E-state index in [4.69, 9.17) is 4.74 Å². The van der Waals surface area contributed by atoms with Gasteiger partial charge in [-0.1, -0.05) is 30.3 Å². The molecule has 1 saturated heterocycles. The van der Waals surface area contributed by atoms with E-state index in [0.717, 1.165) is 17.0 Å². The topological polar surface area (TPSA) is 58.6 Å². The standard InChI is InChI=1S/C20H22N2O3/c1-22-18(23)13-12-17(19(22)14-6-4-3-5-7-14)20(24)21-15-8-10-16(25-2)11-9-15/h3-11,17,19H,12-13H2,1-2H3,(H,21,24)/t17-,19+/m1/s1. The number of hydrogen-bond donors (Lipinski definition) is 1. The van der Waals surface area contributed by atoms with E-state index in [-0.39, 0.29) is 23.8 Å². The third-order valence-electron chi connectivity index (χ3n) is 4.70. The molecule has 0 aliphatic carbocycles. The van der Waals surface area contributed by atoms with Gasteiger partial charge >= 0.3 is 0 Å². The molecule has 130 valence electrons. The number of piperidine rings is 1. The summed E-state index contributed by atoms with van der Waals surface area (Å²) in [5.41, 5.74) is 1.70. The summed E-state index contributed by atoms with van der Waals surface area (Å²) in [6.07, 6.45) is 0.936. The third-order valence-corrected chi connectivity index (χ3v) is 4.70. The summed E-state index contributed by atoms with van der Waals surface area (Å²) in [5.74, 6) is 0.455. The number of rotatable bonds is 4. The van der Waals surface area contributed by atoms with Crippen LogP contribution < -0.4 is 10.1 Å². The van der Waals surface area contributed by atoms with Crippen LogP contribution in [0.5, 0.6) is 5.75 Å². The summed E-state index contributed by atoms with van der Waals surface area (Å²) in [6.45, 7) is 0. The minimum atomic E-state index is -0.285. The second-order valence-electron chi connectivity index (χ2n) is 6.22. The van der Waals surface area contributed by atoms with Gasteiger partial charge in [0.05, 0.1) is 19.1 Å². The molecule has 0 saturated carbocycles. The fourth-order valence-electron chi connectivity index (χ4n) is 3.33. The average molecular weight is 338 g/mol. The van der Waals surface area contributed by atoms with E-state index in [0.29, 0.717) is 12.8 Å². The van der Waals surface area contributed by atoms with E-state index >= 15 is 0 Å². The molecule has 1 N–H and O–H groups in total. The summed E-state index contributed by atoms with van der Waals surface area (Å²) in [5, 5.41) is 2.97. The van der Waals surface area contributed by atoms with Gasteiger partial charge in [-0.15, -0.1) is 0 Å². The molecule has 3 rings (SSSR count). The van der Waals surface area contributed by atoms with Crippen molar-refractivity contribution in [3.63, 3.8) is 0 Å². The number of nitrogens with zero attached hydrogens (tertiary/aromatic N) is 1. The van der Waals surface area contributed by atoms with Crippen molar-refractivity contribution in [1.29, 1.82) is 0 Å². The SMILES string of the molecule is COc1ccc(NC(=O)[C@@H]2CCC(=O)N(C)[C@H]2c2ccccc2)cc1. The summed E-state index contributed by atoms with van der Waals surface area (Å²) in [6, 6.07) is 16.7.